The average Bonchev–Trinajstić information content (AvgIpc) is 2.20. The number of carbonyl (C=O) groups is 1. The van der Waals surface area contributed by atoms with Gasteiger partial charge in [-0.1, -0.05) is 0 Å². The molecule has 0 radical (unpaired) electrons. The number of carbonyl (C=O) groups excluding carboxylic acids is 1. The maximum Gasteiger partial charge on any atom is 0.193 e. The van der Waals surface area contributed by atoms with E-state index in [9.17, 15) is 9.90 Å². The van der Waals surface area contributed by atoms with Gasteiger partial charge in [0, 0.05) is 7.11 Å². The molecule has 0 saturated carbocycles. The summed E-state index contributed by atoms with van der Waals surface area (Å²) in [5, 5.41) is 10.1. The van der Waals surface area contributed by atoms with Crippen LogP contribution >= 0.6 is 0 Å². The minimum atomic E-state index is -1.19. The average molecular weight is 184 g/mol. The fourth-order valence-electron chi connectivity index (χ4n) is 1.76. The highest BCUT2D eigenvalue weighted by Crippen LogP contribution is 2.42. The predicted molar refractivity (Wildman–Crippen MR) is 49.4 cm³/mol. The van der Waals surface area contributed by atoms with Gasteiger partial charge in [0.15, 0.2) is 11.4 Å². The third-order valence-corrected chi connectivity index (χ3v) is 3.40. The first-order valence-corrected chi connectivity index (χ1v) is 4.29. The molecule has 0 amide bonds. The topological polar surface area (TPSA) is 46.5 Å². The summed E-state index contributed by atoms with van der Waals surface area (Å²) >= 11 is 0. The number of hydrogen-bond donors (Lipinski definition) is 1. The zero-order valence-electron chi connectivity index (χ0n) is 8.76. The second-order valence-electron chi connectivity index (χ2n) is 3.89. The van der Waals surface area contributed by atoms with E-state index in [0.29, 0.717) is 11.1 Å². The predicted octanol–water partition coefficient (Wildman–Crippen LogP) is 1.06. The lowest BCUT2D eigenvalue weighted by Crippen LogP contribution is -2.53. The lowest BCUT2D eigenvalue weighted by molar-refractivity contribution is -0.155. The fraction of sp³-hybridized carbons (Fsp3) is 0.700. The number of methoxy groups -OCH3 is 1. The van der Waals surface area contributed by atoms with Crippen molar-refractivity contribution >= 4 is 5.78 Å². The molecular formula is C10H16O3. The van der Waals surface area contributed by atoms with E-state index in [1.54, 1.807) is 27.7 Å². The summed E-state index contributed by atoms with van der Waals surface area (Å²) in [6, 6.07) is 0. The number of ether oxygens (including phenoxy) is 1. The Morgan fingerprint density at radius 3 is 1.92 bits per heavy atom. The molecule has 0 spiro atoms. The second kappa shape index (κ2) is 2.66. The van der Waals surface area contributed by atoms with Crippen molar-refractivity contribution in [2.24, 2.45) is 0 Å². The Morgan fingerprint density at radius 1 is 1.31 bits per heavy atom. The highest BCUT2D eigenvalue weighted by molar-refractivity contribution is 6.06. The van der Waals surface area contributed by atoms with Gasteiger partial charge in [-0.2, -0.15) is 0 Å². The van der Waals surface area contributed by atoms with Gasteiger partial charge < -0.3 is 9.84 Å². The molecule has 74 valence electrons. The molecule has 0 aromatic heterocycles. The Hall–Kier alpha value is -0.670. The van der Waals surface area contributed by atoms with Crippen molar-refractivity contribution in [1.82, 2.24) is 0 Å². The summed E-state index contributed by atoms with van der Waals surface area (Å²) in [6.45, 7) is 6.71. The molecule has 0 unspecified atom stereocenters. The van der Waals surface area contributed by atoms with E-state index in [2.05, 4.69) is 0 Å². The SMILES string of the molecule is CO[C@@]1(C)C(=O)C(C)=C(C)[C@]1(C)O. The van der Waals surface area contributed by atoms with Gasteiger partial charge in [-0.15, -0.1) is 0 Å². The van der Waals surface area contributed by atoms with Crippen LogP contribution in [0.15, 0.2) is 11.1 Å². The molecule has 0 aromatic carbocycles. The molecule has 1 rings (SSSR count). The van der Waals surface area contributed by atoms with Crippen LogP contribution in [0.5, 0.6) is 0 Å². The molecule has 0 aliphatic heterocycles. The molecule has 3 nitrogen and oxygen atoms in total. The van der Waals surface area contributed by atoms with Crippen LogP contribution < -0.4 is 0 Å². The Labute approximate surface area is 78.4 Å². The Kier molecular flexibility index (Phi) is 2.13. The van der Waals surface area contributed by atoms with Gasteiger partial charge in [0.25, 0.3) is 0 Å². The van der Waals surface area contributed by atoms with E-state index in [0.717, 1.165) is 0 Å². The first kappa shape index (κ1) is 10.4. The third-order valence-electron chi connectivity index (χ3n) is 3.40. The molecule has 0 saturated heterocycles. The van der Waals surface area contributed by atoms with Crippen molar-refractivity contribution in [3.63, 3.8) is 0 Å². The first-order valence-electron chi connectivity index (χ1n) is 4.29. The van der Waals surface area contributed by atoms with Crippen LogP contribution in [0.2, 0.25) is 0 Å². The van der Waals surface area contributed by atoms with Crippen molar-refractivity contribution in [2.45, 2.75) is 38.9 Å². The molecule has 1 aliphatic rings. The summed E-state index contributed by atoms with van der Waals surface area (Å²) < 4.78 is 5.13. The number of ketones is 1. The molecule has 2 atom stereocenters. The molecule has 1 aliphatic carbocycles. The zero-order valence-corrected chi connectivity index (χ0v) is 8.76. The van der Waals surface area contributed by atoms with Gasteiger partial charge in [-0.05, 0) is 38.8 Å². The van der Waals surface area contributed by atoms with Crippen LogP contribution in [-0.4, -0.2) is 29.2 Å². The fourth-order valence-corrected chi connectivity index (χ4v) is 1.76. The Bertz CT molecular complexity index is 289. The molecule has 13 heavy (non-hydrogen) atoms. The molecule has 0 bridgehead atoms. The van der Waals surface area contributed by atoms with E-state index in [1.165, 1.54) is 7.11 Å². The third kappa shape index (κ3) is 1.00. The van der Waals surface area contributed by atoms with Gasteiger partial charge in [0.1, 0.15) is 5.60 Å². The maximum absolute atomic E-state index is 11.7. The second-order valence-corrected chi connectivity index (χ2v) is 3.89. The minimum Gasteiger partial charge on any atom is -0.382 e. The van der Waals surface area contributed by atoms with Crippen LogP contribution in [-0.2, 0) is 9.53 Å². The van der Waals surface area contributed by atoms with Crippen molar-refractivity contribution < 1.29 is 14.6 Å². The molecule has 0 heterocycles. The minimum absolute atomic E-state index is 0.127. The lowest BCUT2D eigenvalue weighted by atomic mass is 9.85. The summed E-state index contributed by atoms with van der Waals surface area (Å²) in [5.74, 6) is -0.127. The van der Waals surface area contributed by atoms with Crippen molar-refractivity contribution in [3.05, 3.63) is 11.1 Å². The molecule has 0 aromatic rings. The van der Waals surface area contributed by atoms with E-state index in [4.69, 9.17) is 4.74 Å². The van der Waals surface area contributed by atoms with Crippen molar-refractivity contribution in [2.75, 3.05) is 7.11 Å². The van der Waals surface area contributed by atoms with Crippen LogP contribution in [0, 0.1) is 0 Å². The Morgan fingerprint density at radius 2 is 1.77 bits per heavy atom. The van der Waals surface area contributed by atoms with E-state index in [1.807, 2.05) is 0 Å². The largest absolute Gasteiger partial charge is 0.382 e. The van der Waals surface area contributed by atoms with Crippen LogP contribution in [0.3, 0.4) is 0 Å². The summed E-state index contributed by atoms with van der Waals surface area (Å²) in [5.41, 5.74) is -1.01. The highest BCUT2D eigenvalue weighted by Gasteiger charge is 2.56. The molecule has 0 fully saturated rings. The first-order chi connectivity index (χ1) is 5.79. The number of Topliss-reactive ketones (excluding diaryl/α,β-unsaturated/α-hetero) is 1. The van der Waals surface area contributed by atoms with Crippen LogP contribution in [0.25, 0.3) is 0 Å². The summed E-state index contributed by atoms with van der Waals surface area (Å²) in [4.78, 5) is 11.7. The van der Waals surface area contributed by atoms with Gasteiger partial charge in [0.2, 0.25) is 0 Å². The number of aliphatic hydroxyl groups is 1. The van der Waals surface area contributed by atoms with Gasteiger partial charge in [-0.3, -0.25) is 4.79 Å². The van der Waals surface area contributed by atoms with E-state index >= 15 is 0 Å². The molecular weight excluding hydrogens is 168 g/mol. The highest BCUT2D eigenvalue weighted by atomic mass is 16.5. The molecule has 1 N–H and O–H groups in total. The Balaban J connectivity index is 3.30. The van der Waals surface area contributed by atoms with Gasteiger partial charge in [-0.25, -0.2) is 0 Å². The van der Waals surface area contributed by atoms with Crippen molar-refractivity contribution in [1.29, 1.82) is 0 Å². The van der Waals surface area contributed by atoms with E-state index < -0.39 is 11.2 Å². The molecule has 3 heteroatoms. The van der Waals surface area contributed by atoms with Crippen LogP contribution in [0.1, 0.15) is 27.7 Å². The monoisotopic (exact) mass is 184 g/mol. The van der Waals surface area contributed by atoms with Crippen molar-refractivity contribution in [3.8, 4) is 0 Å². The summed E-state index contributed by atoms with van der Waals surface area (Å²) in [6.07, 6.45) is 0. The number of rotatable bonds is 1. The van der Waals surface area contributed by atoms with Gasteiger partial charge in [0.05, 0.1) is 0 Å². The van der Waals surface area contributed by atoms with E-state index in [-0.39, 0.29) is 5.78 Å². The van der Waals surface area contributed by atoms with Crippen LogP contribution in [0.4, 0.5) is 0 Å². The maximum atomic E-state index is 11.7. The summed E-state index contributed by atoms with van der Waals surface area (Å²) in [7, 11) is 1.44. The smallest absolute Gasteiger partial charge is 0.193 e. The quantitative estimate of drug-likeness (QED) is 0.663. The lowest BCUT2D eigenvalue weighted by Gasteiger charge is -2.35. The zero-order chi connectivity index (χ0) is 10.4. The van der Waals surface area contributed by atoms with Gasteiger partial charge >= 0.3 is 0 Å². The number of hydrogen-bond acceptors (Lipinski definition) is 3. The standard InChI is InChI=1S/C10H16O3/c1-6-7(2)9(3,12)10(4,13-5)8(6)11/h12H,1-5H3/t9-,10-/m0/s1. The normalized spacial score (nSPS) is 40.3.